The molecule has 5 atom stereocenters. The van der Waals surface area contributed by atoms with Crippen molar-refractivity contribution in [2.75, 3.05) is 0 Å². The predicted molar refractivity (Wildman–Crippen MR) is 184 cm³/mol. The molecule has 0 aromatic rings. The summed E-state index contributed by atoms with van der Waals surface area (Å²) < 4.78 is 6.24. The number of epoxide rings is 1. The molecule has 1 unspecified atom stereocenters. The average Bonchev–Trinajstić information content (AvgIpc) is 3.49. The molecule has 0 bridgehead atoms. The molecule has 4 nitrogen and oxygen atoms in total. The number of allylic oxidation sites excluding steroid dienone is 15. The standard InChI is InChI=1S/C40H56O4/c1-29(17-13-19-31(3)21-22-35-36(5,6)25-33(41)27-38(35,9)43)15-11-12-16-30(2)18-14-20-32(4)23-24-40-37(7,8)26-34(42)28-39(40,10)44-40/h11-21,23-24,33-34,41-43H,25-28H2,1-10H3/t22?,33-,34?,38+,39+,40-/m0/s1. The maximum atomic E-state index is 10.9. The van der Waals surface area contributed by atoms with Gasteiger partial charge in [-0.15, -0.1) is 5.73 Å². The smallest absolute Gasteiger partial charge is 0.121 e. The Balaban J connectivity index is 1.53. The zero-order chi connectivity index (χ0) is 33.0. The molecule has 2 aliphatic carbocycles. The predicted octanol–water partition coefficient (Wildman–Crippen LogP) is 8.72. The molecule has 1 saturated heterocycles. The van der Waals surface area contributed by atoms with Gasteiger partial charge < -0.3 is 20.1 Å². The first-order valence-corrected chi connectivity index (χ1v) is 16.0. The van der Waals surface area contributed by atoms with Crippen LogP contribution >= 0.6 is 0 Å². The van der Waals surface area contributed by atoms with E-state index in [-0.39, 0.29) is 28.1 Å². The second-order valence-corrected chi connectivity index (χ2v) is 15.0. The summed E-state index contributed by atoms with van der Waals surface area (Å²) in [6, 6.07) is 0. The molecule has 0 spiro atoms. The van der Waals surface area contributed by atoms with Gasteiger partial charge in [0.1, 0.15) is 11.2 Å². The Morgan fingerprint density at radius 2 is 1.18 bits per heavy atom. The summed E-state index contributed by atoms with van der Waals surface area (Å²) in [6.45, 7) is 20.6. The number of ether oxygens (including phenoxy) is 1. The van der Waals surface area contributed by atoms with Gasteiger partial charge in [0, 0.05) is 23.8 Å². The van der Waals surface area contributed by atoms with E-state index in [1.54, 1.807) is 6.92 Å². The third kappa shape index (κ3) is 8.71. The minimum absolute atomic E-state index is 0.103. The minimum Gasteiger partial charge on any atom is -0.393 e. The zero-order valence-corrected chi connectivity index (χ0v) is 28.7. The van der Waals surface area contributed by atoms with Crippen molar-refractivity contribution < 1.29 is 20.1 Å². The van der Waals surface area contributed by atoms with Crippen LogP contribution in [0.5, 0.6) is 0 Å². The summed E-state index contributed by atoms with van der Waals surface area (Å²) in [5, 5.41) is 31.2. The van der Waals surface area contributed by atoms with Gasteiger partial charge >= 0.3 is 0 Å². The van der Waals surface area contributed by atoms with Crippen molar-refractivity contribution in [3.8, 4) is 0 Å². The summed E-state index contributed by atoms with van der Waals surface area (Å²) in [7, 11) is 0. The Morgan fingerprint density at radius 3 is 1.73 bits per heavy atom. The van der Waals surface area contributed by atoms with Gasteiger partial charge in [0.2, 0.25) is 0 Å². The van der Waals surface area contributed by atoms with Crippen molar-refractivity contribution in [2.45, 2.75) is 124 Å². The second kappa shape index (κ2) is 13.7. The maximum absolute atomic E-state index is 10.9. The lowest BCUT2D eigenvalue weighted by molar-refractivity contribution is -0.0268. The minimum atomic E-state index is -1.05. The van der Waals surface area contributed by atoms with Crippen molar-refractivity contribution >= 4 is 0 Å². The van der Waals surface area contributed by atoms with E-state index < -0.39 is 11.7 Å². The molecule has 240 valence electrons. The fourth-order valence-electron chi connectivity index (χ4n) is 7.25. The zero-order valence-electron chi connectivity index (χ0n) is 28.7. The molecule has 0 amide bonds. The van der Waals surface area contributed by atoms with Crippen LogP contribution in [0.4, 0.5) is 0 Å². The van der Waals surface area contributed by atoms with E-state index in [2.05, 4.69) is 110 Å². The number of rotatable bonds is 9. The van der Waals surface area contributed by atoms with Gasteiger partial charge in [-0.1, -0.05) is 111 Å². The van der Waals surface area contributed by atoms with E-state index >= 15 is 0 Å². The Morgan fingerprint density at radius 1 is 0.682 bits per heavy atom. The molecular formula is C40H56O4. The summed E-state index contributed by atoms with van der Waals surface area (Å²) in [5.41, 5.74) is 6.63. The number of aliphatic hydroxyl groups excluding tert-OH is 2. The fraction of sp³-hybridized carbons (Fsp3) is 0.525. The van der Waals surface area contributed by atoms with Crippen LogP contribution in [-0.2, 0) is 4.74 Å². The van der Waals surface area contributed by atoms with E-state index in [4.69, 9.17) is 4.74 Å². The van der Waals surface area contributed by atoms with E-state index in [9.17, 15) is 15.3 Å². The topological polar surface area (TPSA) is 73.2 Å². The molecule has 0 aromatic heterocycles. The molecule has 4 heteroatoms. The normalized spacial score (nSPS) is 34.7. The maximum Gasteiger partial charge on any atom is 0.121 e. The first kappa shape index (κ1) is 35.8. The van der Waals surface area contributed by atoms with E-state index in [1.165, 1.54) is 0 Å². The van der Waals surface area contributed by atoms with Crippen LogP contribution in [0.1, 0.15) is 94.9 Å². The van der Waals surface area contributed by atoms with Crippen LogP contribution in [0.3, 0.4) is 0 Å². The summed E-state index contributed by atoms with van der Waals surface area (Å²) in [4.78, 5) is 0. The highest BCUT2D eigenvalue weighted by Crippen LogP contribution is 2.66. The van der Waals surface area contributed by atoms with Crippen LogP contribution in [0, 0.1) is 10.8 Å². The lowest BCUT2D eigenvalue weighted by Crippen LogP contribution is -2.46. The van der Waals surface area contributed by atoms with Crippen molar-refractivity contribution in [3.05, 3.63) is 113 Å². The Bertz CT molecular complexity index is 1360. The molecular weight excluding hydrogens is 544 g/mol. The lowest BCUT2D eigenvalue weighted by Gasteiger charge is -2.43. The highest BCUT2D eigenvalue weighted by atomic mass is 16.6. The first-order chi connectivity index (χ1) is 20.3. The van der Waals surface area contributed by atoms with Gasteiger partial charge in [-0.25, -0.2) is 0 Å². The molecule has 3 N–H and O–H groups in total. The SMILES string of the molecule is CC(C=C=C1C(C)(C)C[C@H](O)C[C@@]1(C)O)=CC=CC(C)=CC=CC=C(C)C=CC=C(C)C=C[C@@]12O[C@]1(C)CC(O)CC2(C)C. The Labute approximate surface area is 267 Å². The van der Waals surface area contributed by atoms with E-state index in [0.717, 1.165) is 34.3 Å². The molecule has 3 aliphatic rings. The number of fused-ring (bicyclic) bond motifs is 1. The van der Waals surface area contributed by atoms with Crippen molar-refractivity contribution in [1.82, 2.24) is 0 Å². The highest BCUT2D eigenvalue weighted by Gasteiger charge is 2.74. The van der Waals surface area contributed by atoms with Gasteiger partial charge in [0.25, 0.3) is 0 Å². The van der Waals surface area contributed by atoms with Crippen LogP contribution in [0.25, 0.3) is 0 Å². The summed E-state index contributed by atoms with van der Waals surface area (Å²) >= 11 is 0. The molecule has 0 aromatic carbocycles. The van der Waals surface area contributed by atoms with Crippen LogP contribution in [-0.4, -0.2) is 44.3 Å². The average molecular weight is 601 g/mol. The number of hydrogen-bond donors (Lipinski definition) is 3. The van der Waals surface area contributed by atoms with Gasteiger partial charge in [-0.05, 0) is 77.5 Å². The second-order valence-electron chi connectivity index (χ2n) is 15.0. The molecule has 1 aliphatic heterocycles. The van der Waals surface area contributed by atoms with Gasteiger partial charge in [-0.2, -0.15) is 0 Å². The summed E-state index contributed by atoms with van der Waals surface area (Å²) in [6.07, 6.45) is 28.5. The monoisotopic (exact) mass is 600 g/mol. The molecule has 3 fully saturated rings. The number of hydrogen-bond acceptors (Lipinski definition) is 4. The third-order valence-corrected chi connectivity index (χ3v) is 9.39. The first-order valence-electron chi connectivity index (χ1n) is 16.0. The van der Waals surface area contributed by atoms with Crippen LogP contribution < -0.4 is 0 Å². The lowest BCUT2D eigenvalue weighted by atomic mass is 9.63. The van der Waals surface area contributed by atoms with Gasteiger partial charge in [0.15, 0.2) is 0 Å². The van der Waals surface area contributed by atoms with E-state index in [0.29, 0.717) is 19.3 Å². The largest absolute Gasteiger partial charge is 0.393 e. The highest BCUT2D eigenvalue weighted by molar-refractivity contribution is 5.37. The van der Waals surface area contributed by atoms with Gasteiger partial charge in [0.05, 0.1) is 17.8 Å². The van der Waals surface area contributed by atoms with Crippen molar-refractivity contribution in [2.24, 2.45) is 10.8 Å². The molecule has 1 heterocycles. The van der Waals surface area contributed by atoms with Crippen LogP contribution in [0.15, 0.2) is 113 Å². The Kier molecular flexibility index (Phi) is 11.2. The molecule has 0 radical (unpaired) electrons. The van der Waals surface area contributed by atoms with Gasteiger partial charge in [-0.3, -0.25) is 0 Å². The molecule has 3 rings (SSSR count). The van der Waals surface area contributed by atoms with Crippen LogP contribution in [0.2, 0.25) is 0 Å². The van der Waals surface area contributed by atoms with Crippen molar-refractivity contribution in [1.29, 1.82) is 0 Å². The van der Waals surface area contributed by atoms with Crippen molar-refractivity contribution in [3.63, 3.8) is 0 Å². The number of aliphatic hydroxyl groups is 3. The fourth-order valence-corrected chi connectivity index (χ4v) is 7.25. The molecule has 44 heavy (non-hydrogen) atoms. The quantitative estimate of drug-likeness (QED) is 0.141. The van der Waals surface area contributed by atoms with E-state index in [1.807, 2.05) is 37.3 Å². The molecule has 2 saturated carbocycles. The summed E-state index contributed by atoms with van der Waals surface area (Å²) in [5.74, 6) is 0. The Hall–Kier alpha value is -2.72. The third-order valence-electron chi connectivity index (χ3n) is 9.39.